The fraction of sp³-hybridized carbons (Fsp3) is 0.533. The maximum atomic E-state index is 13.7. The second kappa shape index (κ2) is 13.1. The number of carbonyl (C=O) groups excluding carboxylic acids is 2. The van der Waals surface area contributed by atoms with Gasteiger partial charge in [0.2, 0.25) is 0 Å². The fourth-order valence-electron chi connectivity index (χ4n) is 5.56. The van der Waals surface area contributed by atoms with Gasteiger partial charge < -0.3 is 30.3 Å². The Labute approximate surface area is 226 Å². The molecule has 4 rings (SSSR count). The highest BCUT2D eigenvalue weighted by Crippen LogP contribution is 2.35. The number of ether oxygens (including phenoxy) is 1. The number of urea groups is 1. The van der Waals surface area contributed by atoms with Gasteiger partial charge in [-0.05, 0) is 57.0 Å². The lowest BCUT2D eigenvalue weighted by atomic mass is 9.89. The standard InChI is InChI=1S/C30H42N4O4/c1-21-17-34(22(2)20-35)29(36)25-15-10-16-26(32-30(37)31-24-13-8-5-9-14-24)28(25)38-27(21)19-33(3)18-23-11-6-4-7-12-23/h5,8-10,13-16,21-23,27,35H,4,6-7,11-12,17-20H2,1-3H3,(H2,31,32,37)/t21-,22+,27-/m1/s1. The fourth-order valence-corrected chi connectivity index (χ4v) is 5.56. The molecule has 0 aromatic heterocycles. The van der Waals surface area contributed by atoms with Gasteiger partial charge in [-0.1, -0.05) is 50.5 Å². The Kier molecular flexibility index (Phi) is 9.63. The van der Waals surface area contributed by atoms with Gasteiger partial charge in [-0.3, -0.25) is 4.79 Å². The van der Waals surface area contributed by atoms with Crippen LogP contribution in [0.1, 0.15) is 56.3 Å². The summed E-state index contributed by atoms with van der Waals surface area (Å²) in [5.74, 6) is 0.880. The summed E-state index contributed by atoms with van der Waals surface area (Å²) < 4.78 is 6.63. The van der Waals surface area contributed by atoms with Gasteiger partial charge in [0.1, 0.15) is 6.10 Å². The topological polar surface area (TPSA) is 94.1 Å². The number of likely N-dealkylation sites (N-methyl/N-ethyl adjacent to an activating group) is 1. The van der Waals surface area contributed by atoms with Crippen molar-refractivity contribution >= 4 is 23.3 Å². The average Bonchev–Trinajstić information content (AvgIpc) is 2.91. The van der Waals surface area contributed by atoms with Gasteiger partial charge in [0.05, 0.1) is 23.9 Å². The number of hydrogen-bond acceptors (Lipinski definition) is 5. The van der Waals surface area contributed by atoms with E-state index in [1.165, 1.54) is 32.1 Å². The number of rotatable bonds is 8. The zero-order valence-corrected chi connectivity index (χ0v) is 22.9. The molecule has 3 atom stereocenters. The van der Waals surface area contributed by atoms with Crippen LogP contribution < -0.4 is 15.4 Å². The maximum absolute atomic E-state index is 13.7. The first kappa shape index (κ1) is 27.9. The zero-order chi connectivity index (χ0) is 27.1. The lowest BCUT2D eigenvalue weighted by Crippen LogP contribution is -2.50. The number of carbonyl (C=O) groups is 2. The van der Waals surface area contributed by atoms with Gasteiger partial charge in [0.25, 0.3) is 5.91 Å². The number of anilines is 2. The Balaban J connectivity index is 1.60. The number of aliphatic hydroxyl groups is 1. The van der Waals surface area contributed by atoms with E-state index < -0.39 is 6.03 Å². The van der Waals surface area contributed by atoms with E-state index in [0.717, 1.165) is 6.54 Å². The van der Waals surface area contributed by atoms with Gasteiger partial charge in [0.15, 0.2) is 5.75 Å². The number of amides is 3. The van der Waals surface area contributed by atoms with Crippen molar-refractivity contribution in [2.75, 3.05) is 43.9 Å². The highest BCUT2D eigenvalue weighted by atomic mass is 16.5. The number of fused-ring (bicyclic) bond motifs is 1. The molecule has 8 heteroatoms. The molecule has 0 spiro atoms. The number of hydrogen-bond donors (Lipinski definition) is 3. The van der Waals surface area contributed by atoms with Crippen LogP contribution in [0.25, 0.3) is 0 Å². The molecule has 206 valence electrons. The van der Waals surface area contributed by atoms with Crippen molar-refractivity contribution in [2.45, 2.75) is 58.1 Å². The first-order valence-electron chi connectivity index (χ1n) is 13.9. The van der Waals surface area contributed by atoms with Crippen LogP contribution in [0.15, 0.2) is 48.5 Å². The van der Waals surface area contributed by atoms with Crippen LogP contribution in [-0.2, 0) is 0 Å². The first-order valence-corrected chi connectivity index (χ1v) is 13.9. The summed E-state index contributed by atoms with van der Waals surface area (Å²) in [4.78, 5) is 30.6. The van der Waals surface area contributed by atoms with Crippen LogP contribution in [0.2, 0.25) is 0 Å². The van der Waals surface area contributed by atoms with Crippen molar-refractivity contribution in [2.24, 2.45) is 11.8 Å². The second-order valence-electron chi connectivity index (χ2n) is 11.0. The van der Waals surface area contributed by atoms with Crippen molar-refractivity contribution in [3.8, 4) is 5.75 Å². The average molecular weight is 523 g/mol. The SMILES string of the molecule is C[C@@H]1CN([C@@H](C)CO)C(=O)c2cccc(NC(=O)Nc3ccccc3)c2O[C@@H]1CN(C)CC1CCCCC1. The Morgan fingerprint density at radius 2 is 1.82 bits per heavy atom. The van der Waals surface area contributed by atoms with Crippen molar-refractivity contribution in [3.63, 3.8) is 0 Å². The highest BCUT2D eigenvalue weighted by molar-refractivity contribution is 6.04. The molecule has 3 amide bonds. The molecule has 1 fully saturated rings. The molecule has 1 aliphatic carbocycles. The number of aliphatic hydroxyl groups excluding tert-OH is 1. The molecular formula is C30H42N4O4. The summed E-state index contributed by atoms with van der Waals surface area (Å²) in [6.07, 6.45) is 6.28. The molecule has 2 aromatic rings. The van der Waals surface area contributed by atoms with E-state index in [0.29, 0.717) is 41.7 Å². The van der Waals surface area contributed by atoms with E-state index in [2.05, 4.69) is 29.5 Å². The van der Waals surface area contributed by atoms with Crippen molar-refractivity contribution in [1.82, 2.24) is 9.80 Å². The van der Waals surface area contributed by atoms with E-state index in [-0.39, 0.29) is 30.6 Å². The van der Waals surface area contributed by atoms with Crippen molar-refractivity contribution in [1.29, 1.82) is 0 Å². The van der Waals surface area contributed by atoms with Crippen molar-refractivity contribution < 1.29 is 19.4 Å². The smallest absolute Gasteiger partial charge is 0.323 e. The summed E-state index contributed by atoms with van der Waals surface area (Å²) >= 11 is 0. The van der Waals surface area contributed by atoms with Gasteiger partial charge >= 0.3 is 6.03 Å². The predicted octanol–water partition coefficient (Wildman–Crippen LogP) is 5.06. The van der Waals surface area contributed by atoms with Crippen LogP contribution in [0.5, 0.6) is 5.75 Å². The summed E-state index contributed by atoms with van der Waals surface area (Å²) in [6, 6.07) is 13.7. The van der Waals surface area contributed by atoms with E-state index in [4.69, 9.17) is 4.74 Å². The minimum atomic E-state index is -0.415. The van der Waals surface area contributed by atoms with E-state index >= 15 is 0 Å². The summed E-state index contributed by atoms with van der Waals surface area (Å²) in [7, 11) is 2.14. The zero-order valence-electron chi connectivity index (χ0n) is 22.9. The van der Waals surface area contributed by atoms with Gasteiger partial charge in [-0.15, -0.1) is 0 Å². The number of nitrogens with one attached hydrogen (secondary N) is 2. The highest BCUT2D eigenvalue weighted by Gasteiger charge is 2.35. The largest absolute Gasteiger partial charge is 0.486 e. The Morgan fingerprint density at radius 1 is 1.08 bits per heavy atom. The van der Waals surface area contributed by atoms with Crippen LogP contribution in [-0.4, -0.2) is 72.3 Å². The van der Waals surface area contributed by atoms with Crippen LogP contribution in [0.3, 0.4) is 0 Å². The molecule has 0 radical (unpaired) electrons. The molecule has 1 aliphatic heterocycles. The van der Waals surface area contributed by atoms with E-state index in [1.807, 2.05) is 37.3 Å². The van der Waals surface area contributed by atoms with Crippen molar-refractivity contribution in [3.05, 3.63) is 54.1 Å². The number of benzene rings is 2. The van der Waals surface area contributed by atoms with E-state index in [9.17, 15) is 14.7 Å². The quantitative estimate of drug-likeness (QED) is 0.450. The summed E-state index contributed by atoms with van der Waals surface area (Å²) in [5, 5.41) is 15.6. The van der Waals surface area contributed by atoms with Crippen LogP contribution in [0.4, 0.5) is 16.2 Å². The Hall–Kier alpha value is -3.10. The molecule has 1 heterocycles. The van der Waals surface area contributed by atoms with Crippen LogP contribution in [0, 0.1) is 11.8 Å². The molecule has 0 bridgehead atoms. The predicted molar refractivity (Wildman–Crippen MR) is 151 cm³/mol. The normalized spacial score (nSPS) is 21.2. The molecule has 0 unspecified atom stereocenters. The minimum Gasteiger partial charge on any atom is -0.486 e. The van der Waals surface area contributed by atoms with E-state index in [1.54, 1.807) is 23.1 Å². The lowest BCUT2D eigenvalue weighted by Gasteiger charge is -2.39. The maximum Gasteiger partial charge on any atom is 0.323 e. The minimum absolute atomic E-state index is 0.0149. The van der Waals surface area contributed by atoms with Crippen LogP contribution >= 0.6 is 0 Å². The summed E-state index contributed by atoms with van der Waals surface area (Å²) in [6.45, 7) is 6.02. The molecule has 2 aliphatic rings. The summed E-state index contributed by atoms with van der Waals surface area (Å²) in [5.41, 5.74) is 1.49. The third-order valence-electron chi connectivity index (χ3n) is 7.76. The number of nitrogens with zero attached hydrogens (tertiary/aromatic N) is 2. The first-order chi connectivity index (χ1) is 18.4. The second-order valence-corrected chi connectivity index (χ2v) is 11.0. The van der Waals surface area contributed by atoms with Gasteiger partial charge in [-0.25, -0.2) is 4.79 Å². The molecule has 38 heavy (non-hydrogen) atoms. The van der Waals surface area contributed by atoms with Gasteiger partial charge in [0, 0.05) is 31.2 Å². The number of para-hydroxylation sites is 2. The molecule has 0 saturated heterocycles. The molecular weight excluding hydrogens is 480 g/mol. The molecule has 3 N–H and O–H groups in total. The lowest BCUT2D eigenvalue weighted by molar-refractivity contribution is 0.0333. The third kappa shape index (κ3) is 7.05. The van der Waals surface area contributed by atoms with Gasteiger partial charge in [-0.2, -0.15) is 0 Å². The monoisotopic (exact) mass is 522 g/mol. The molecule has 1 saturated carbocycles. The Morgan fingerprint density at radius 3 is 2.53 bits per heavy atom. The molecule has 8 nitrogen and oxygen atoms in total. The molecule has 2 aromatic carbocycles. The third-order valence-corrected chi connectivity index (χ3v) is 7.76. The Bertz CT molecular complexity index is 1070.